The minimum Gasteiger partial charge on any atom is -0.0853 e. The van der Waals surface area contributed by atoms with Crippen LogP contribution >= 0.6 is 0 Å². The summed E-state index contributed by atoms with van der Waals surface area (Å²) in [7, 11) is 0. The van der Waals surface area contributed by atoms with E-state index in [9.17, 15) is 0 Å². The van der Waals surface area contributed by atoms with Gasteiger partial charge >= 0.3 is 0 Å². The highest BCUT2D eigenvalue weighted by atomic mass is 14.0. The van der Waals surface area contributed by atoms with Crippen LogP contribution in [-0.4, -0.2) is 0 Å². The summed E-state index contributed by atoms with van der Waals surface area (Å²) in [5.74, 6) is 0. The normalized spacial score (nSPS) is 10.4. The number of allylic oxidation sites excluding steroid dienone is 2. The molecule has 16 heavy (non-hydrogen) atoms. The zero-order valence-corrected chi connectivity index (χ0v) is 11.9. The Balaban J connectivity index is 3.71. The van der Waals surface area contributed by atoms with Gasteiger partial charge in [0.05, 0.1) is 0 Å². The van der Waals surface area contributed by atoms with Gasteiger partial charge in [0.15, 0.2) is 0 Å². The van der Waals surface area contributed by atoms with Crippen LogP contribution in [-0.2, 0) is 0 Å². The van der Waals surface area contributed by atoms with Gasteiger partial charge in [0.1, 0.15) is 0 Å². The maximum absolute atomic E-state index is 2.54. The maximum Gasteiger partial charge on any atom is -0.0320 e. The molecule has 0 aliphatic rings. The molecule has 96 valence electrons. The third kappa shape index (κ3) is 10.3. The Morgan fingerprint density at radius 1 is 0.688 bits per heavy atom. The fraction of sp³-hybridized carbons (Fsp3) is 0.875. The van der Waals surface area contributed by atoms with E-state index >= 15 is 0 Å². The second-order valence-corrected chi connectivity index (χ2v) is 4.92. The molecule has 0 atom stereocenters. The lowest BCUT2D eigenvalue weighted by atomic mass is 10.0. The molecule has 0 aromatic carbocycles. The van der Waals surface area contributed by atoms with Gasteiger partial charge in [-0.25, -0.2) is 0 Å². The lowest BCUT2D eigenvalue weighted by Crippen LogP contribution is -1.86. The van der Waals surface area contributed by atoms with Gasteiger partial charge in [-0.05, 0) is 38.5 Å². The monoisotopic (exact) mass is 224 g/mol. The van der Waals surface area contributed by atoms with Crippen LogP contribution in [0.5, 0.6) is 0 Å². The molecule has 0 bridgehead atoms. The molecule has 0 heterocycles. The van der Waals surface area contributed by atoms with Gasteiger partial charge in [0.2, 0.25) is 0 Å². The van der Waals surface area contributed by atoms with Crippen LogP contribution in [0.15, 0.2) is 11.6 Å². The second kappa shape index (κ2) is 12.8. The molecule has 0 N–H and O–H groups in total. The summed E-state index contributed by atoms with van der Waals surface area (Å²) in [5.41, 5.74) is 1.74. The molecule has 0 aromatic heterocycles. The van der Waals surface area contributed by atoms with Gasteiger partial charge in [-0.15, -0.1) is 0 Å². The summed E-state index contributed by atoms with van der Waals surface area (Å²) in [6, 6.07) is 0. The lowest BCUT2D eigenvalue weighted by molar-refractivity contribution is 0.663. The Morgan fingerprint density at radius 3 is 1.75 bits per heavy atom. The van der Waals surface area contributed by atoms with E-state index in [1.54, 1.807) is 5.57 Å². The lowest BCUT2D eigenvalue weighted by Gasteiger charge is -2.06. The minimum atomic E-state index is 1.32. The smallest absolute Gasteiger partial charge is 0.0320 e. The van der Waals surface area contributed by atoms with Gasteiger partial charge in [0.25, 0.3) is 0 Å². The zero-order valence-electron chi connectivity index (χ0n) is 11.9. The van der Waals surface area contributed by atoms with Crippen molar-refractivity contribution in [3.05, 3.63) is 11.6 Å². The molecule has 0 spiro atoms. The van der Waals surface area contributed by atoms with Crippen LogP contribution < -0.4 is 0 Å². The first-order valence-electron chi connectivity index (χ1n) is 7.53. The highest BCUT2D eigenvalue weighted by molar-refractivity contribution is 5.01. The van der Waals surface area contributed by atoms with Crippen molar-refractivity contribution >= 4 is 0 Å². The Morgan fingerprint density at radius 2 is 1.25 bits per heavy atom. The minimum absolute atomic E-state index is 1.32. The first-order valence-corrected chi connectivity index (χ1v) is 7.53. The predicted octanol–water partition coefficient (Wildman–Crippen LogP) is 6.26. The van der Waals surface area contributed by atoms with Crippen LogP contribution in [0.3, 0.4) is 0 Å². The molecule has 0 radical (unpaired) electrons. The average molecular weight is 224 g/mol. The Bertz CT molecular complexity index is 145. The molecule has 0 aromatic rings. The van der Waals surface area contributed by atoms with Crippen LogP contribution in [0.25, 0.3) is 0 Å². The van der Waals surface area contributed by atoms with Crippen molar-refractivity contribution in [2.45, 2.75) is 91.4 Å². The van der Waals surface area contributed by atoms with Crippen molar-refractivity contribution < 1.29 is 0 Å². The fourth-order valence-electron chi connectivity index (χ4n) is 2.01. The van der Waals surface area contributed by atoms with Gasteiger partial charge in [0, 0.05) is 0 Å². The van der Waals surface area contributed by atoms with Crippen molar-refractivity contribution in [3.63, 3.8) is 0 Å². The van der Waals surface area contributed by atoms with Gasteiger partial charge in [-0.3, -0.25) is 0 Å². The number of hydrogen-bond donors (Lipinski definition) is 0. The van der Waals surface area contributed by atoms with Crippen molar-refractivity contribution in [1.82, 2.24) is 0 Å². The molecule has 0 heteroatoms. The first-order chi connectivity index (χ1) is 7.85. The van der Waals surface area contributed by atoms with Crippen molar-refractivity contribution in [2.75, 3.05) is 0 Å². The van der Waals surface area contributed by atoms with E-state index in [0.29, 0.717) is 0 Å². The molecule has 0 amide bonds. The van der Waals surface area contributed by atoms with E-state index in [1.165, 1.54) is 70.6 Å². The molecule has 0 aliphatic heterocycles. The summed E-state index contributed by atoms with van der Waals surface area (Å²) < 4.78 is 0. The third-order valence-electron chi connectivity index (χ3n) is 3.19. The number of rotatable bonds is 11. The SMILES string of the molecule is CCCCCCC=C(CCCC)CCCC. The molecule has 0 unspecified atom stereocenters. The number of hydrogen-bond acceptors (Lipinski definition) is 0. The highest BCUT2D eigenvalue weighted by Crippen LogP contribution is 2.17. The summed E-state index contributed by atoms with van der Waals surface area (Å²) in [6.07, 6.45) is 17.6. The van der Waals surface area contributed by atoms with Crippen molar-refractivity contribution in [3.8, 4) is 0 Å². The standard InChI is InChI=1S/C16H32/c1-4-7-10-11-12-15-16(13-8-5-2)14-9-6-3/h15H,4-14H2,1-3H3. The zero-order chi connectivity index (χ0) is 12.1. The molecule has 0 fully saturated rings. The molecule has 0 nitrogen and oxygen atoms in total. The first kappa shape index (κ1) is 15.7. The summed E-state index contributed by atoms with van der Waals surface area (Å²) in [6.45, 7) is 6.86. The van der Waals surface area contributed by atoms with E-state index in [4.69, 9.17) is 0 Å². The van der Waals surface area contributed by atoms with Crippen LogP contribution in [0.2, 0.25) is 0 Å². The topological polar surface area (TPSA) is 0 Å². The number of unbranched alkanes of at least 4 members (excludes halogenated alkanes) is 6. The van der Waals surface area contributed by atoms with Crippen LogP contribution in [0.1, 0.15) is 91.4 Å². The molecule has 0 saturated heterocycles. The molecule has 0 aliphatic carbocycles. The largest absolute Gasteiger partial charge is 0.0853 e. The summed E-state index contributed by atoms with van der Waals surface area (Å²) in [5, 5.41) is 0. The van der Waals surface area contributed by atoms with Crippen LogP contribution in [0.4, 0.5) is 0 Å². The Kier molecular flexibility index (Phi) is 12.6. The van der Waals surface area contributed by atoms with Gasteiger partial charge in [-0.1, -0.05) is 64.5 Å². The molecular formula is C16H32. The third-order valence-corrected chi connectivity index (χ3v) is 3.19. The van der Waals surface area contributed by atoms with Crippen LogP contribution in [0, 0.1) is 0 Å². The second-order valence-electron chi connectivity index (χ2n) is 4.92. The predicted molar refractivity (Wildman–Crippen MR) is 75.9 cm³/mol. The van der Waals surface area contributed by atoms with E-state index in [1.807, 2.05) is 0 Å². The van der Waals surface area contributed by atoms with E-state index in [-0.39, 0.29) is 0 Å². The van der Waals surface area contributed by atoms with Crippen molar-refractivity contribution in [1.29, 1.82) is 0 Å². The average Bonchev–Trinajstić information content (AvgIpc) is 2.31. The summed E-state index contributed by atoms with van der Waals surface area (Å²) >= 11 is 0. The van der Waals surface area contributed by atoms with Gasteiger partial charge < -0.3 is 0 Å². The Hall–Kier alpha value is -0.260. The quantitative estimate of drug-likeness (QED) is 0.287. The molecule has 0 rings (SSSR count). The maximum atomic E-state index is 2.54. The fourth-order valence-corrected chi connectivity index (χ4v) is 2.01. The molecule has 0 saturated carbocycles. The van der Waals surface area contributed by atoms with E-state index < -0.39 is 0 Å². The van der Waals surface area contributed by atoms with E-state index in [0.717, 1.165) is 0 Å². The van der Waals surface area contributed by atoms with Gasteiger partial charge in [-0.2, -0.15) is 0 Å². The van der Waals surface area contributed by atoms with Crippen molar-refractivity contribution in [2.24, 2.45) is 0 Å². The Labute approximate surface area is 104 Å². The molecular weight excluding hydrogens is 192 g/mol. The highest BCUT2D eigenvalue weighted by Gasteiger charge is 1.96. The van der Waals surface area contributed by atoms with E-state index in [2.05, 4.69) is 26.8 Å². The summed E-state index contributed by atoms with van der Waals surface area (Å²) in [4.78, 5) is 0.